The number of likely N-dealkylation sites (tertiary alicyclic amines) is 1. The van der Waals surface area contributed by atoms with Crippen LogP contribution in [0.5, 0.6) is 0 Å². The Morgan fingerprint density at radius 2 is 1.89 bits per heavy atom. The third kappa shape index (κ3) is 8.17. The van der Waals surface area contributed by atoms with E-state index >= 15 is 0 Å². The summed E-state index contributed by atoms with van der Waals surface area (Å²) in [5, 5.41) is 6.46. The van der Waals surface area contributed by atoms with Gasteiger partial charge in [-0.1, -0.05) is 30.3 Å². The third-order valence-corrected chi connectivity index (χ3v) is 4.48. The van der Waals surface area contributed by atoms with Crippen LogP contribution in [0.4, 0.5) is 13.2 Å². The second kappa shape index (κ2) is 11.1. The summed E-state index contributed by atoms with van der Waals surface area (Å²) in [5.74, 6) is 0.644. The van der Waals surface area contributed by atoms with Gasteiger partial charge < -0.3 is 15.4 Å². The minimum Gasteiger partial charge on any atom is -0.372 e. The summed E-state index contributed by atoms with van der Waals surface area (Å²) >= 11 is 0. The summed E-state index contributed by atoms with van der Waals surface area (Å²) in [4.78, 5) is 6.67. The van der Waals surface area contributed by atoms with E-state index in [9.17, 15) is 13.2 Å². The number of benzene rings is 1. The number of nitrogens with one attached hydrogen (secondary N) is 2. The molecule has 1 saturated heterocycles. The number of ether oxygens (including phenoxy) is 1. The van der Waals surface area contributed by atoms with Crippen molar-refractivity contribution in [1.29, 1.82) is 0 Å². The molecular weight excluding hydrogens is 357 g/mol. The van der Waals surface area contributed by atoms with Crippen LogP contribution in [0.1, 0.15) is 30.9 Å². The molecule has 1 aliphatic rings. The van der Waals surface area contributed by atoms with Gasteiger partial charge in [-0.15, -0.1) is 0 Å². The van der Waals surface area contributed by atoms with Gasteiger partial charge in [0.15, 0.2) is 5.96 Å². The highest BCUT2D eigenvalue weighted by atomic mass is 19.4. The molecule has 0 saturated carbocycles. The summed E-state index contributed by atoms with van der Waals surface area (Å²) in [6.45, 7) is 2.25. The molecule has 1 unspecified atom stereocenters. The van der Waals surface area contributed by atoms with Crippen LogP contribution in [0.3, 0.4) is 0 Å². The van der Waals surface area contributed by atoms with Crippen molar-refractivity contribution in [2.45, 2.75) is 31.5 Å². The molecule has 0 aromatic heterocycles. The molecule has 2 rings (SSSR count). The summed E-state index contributed by atoms with van der Waals surface area (Å²) in [6, 6.07) is 10.7. The maximum Gasteiger partial charge on any atom is 0.411 e. The molecule has 152 valence electrons. The Hall–Kier alpha value is -1.80. The lowest BCUT2D eigenvalue weighted by Crippen LogP contribution is -2.43. The van der Waals surface area contributed by atoms with Crippen molar-refractivity contribution in [3.8, 4) is 0 Å². The highest BCUT2D eigenvalue weighted by Crippen LogP contribution is 2.24. The van der Waals surface area contributed by atoms with Crippen LogP contribution in [0, 0.1) is 0 Å². The maximum atomic E-state index is 12.0. The first kappa shape index (κ1) is 21.5. The van der Waals surface area contributed by atoms with Gasteiger partial charge in [-0.2, -0.15) is 13.2 Å². The molecule has 1 aromatic rings. The number of alkyl halides is 3. The van der Waals surface area contributed by atoms with Crippen molar-refractivity contribution in [2.75, 3.05) is 46.4 Å². The molecule has 1 atom stereocenters. The fourth-order valence-corrected chi connectivity index (χ4v) is 3.17. The number of hydrogen-bond acceptors (Lipinski definition) is 3. The molecule has 27 heavy (non-hydrogen) atoms. The molecule has 0 radical (unpaired) electrons. The van der Waals surface area contributed by atoms with E-state index in [4.69, 9.17) is 0 Å². The van der Waals surface area contributed by atoms with E-state index in [0.717, 1.165) is 13.1 Å². The zero-order valence-corrected chi connectivity index (χ0v) is 15.8. The maximum absolute atomic E-state index is 12.0. The van der Waals surface area contributed by atoms with E-state index in [1.807, 2.05) is 18.2 Å². The summed E-state index contributed by atoms with van der Waals surface area (Å²) in [7, 11) is 1.68. The van der Waals surface area contributed by atoms with Gasteiger partial charge in [0.05, 0.1) is 6.04 Å². The topological polar surface area (TPSA) is 48.9 Å². The van der Waals surface area contributed by atoms with Crippen molar-refractivity contribution in [2.24, 2.45) is 4.99 Å². The molecule has 0 spiro atoms. The normalized spacial score (nSPS) is 17.1. The van der Waals surface area contributed by atoms with Crippen molar-refractivity contribution in [1.82, 2.24) is 15.5 Å². The Kier molecular flexibility index (Phi) is 8.87. The number of hydrogen-bond donors (Lipinski definition) is 2. The lowest BCUT2D eigenvalue weighted by Gasteiger charge is -2.29. The Morgan fingerprint density at radius 1 is 1.19 bits per heavy atom. The highest BCUT2D eigenvalue weighted by molar-refractivity contribution is 5.79. The molecular formula is C19H29F3N4O. The quantitative estimate of drug-likeness (QED) is 0.389. The molecule has 1 heterocycles. The van der Waals surface area contributed by atoms with Gasteiger partial charge >= 0.3 is 6.18 Å². The van der Waals surface area contributed by atoms with Gasteiger partial charge in [0.2, 0.25) is 0 Å². The van der Waals surface area contributed by atoms with Crippen LogP contribution in [0.25, 0.3) is 0 Å². The number of nitrogens with zero attached hydrogens (tertiary/aromatic N) is 2. The molecule has 5 nitrogen and oxygen atoms in total. The lowest BCUT2D eigenvalue weighted by atomic mass is 10.1. The van der Waals surface area contributed by atoms with Crippen LogP contribution in [-0.4, -0.2) is 63.5 Å². The minimum atomic E-state index is -4.27. The van der Waals surface area contributed by atoms with E-state index in [2.05, 4.69) is 37.4 Å². The molecule has 1 fully saturated rings. The molecule has 8 heteroatoms. The third-order valence-electron chi connectivity index (χ3n) is 4.48. The lowest BCUT2D eigenvalue weighted by molar-refractivity contribution is -0.173. The monoisotopic (exact) mass is 386 g/mol. The average molecular weight is 386 g/mol. The zero-order chi connectivity index (χ0) is 19.5. The van der Waals surface area contributed by atoms with E-state index < -0.39 is 12.8 Å². The predicted molar refractivity (Wildman–Crippen MR) is 101 cm³/mol. The van der Waals surface area contributed by atoms with Gasteiger partial charge in [0.1, 0.15) is 6.61 Å². The van der Waals surface area contributed by atoms with Gasteiger partial charge in [0, 0.05) is 26.7 Å². The molecule has 2 N–H and O–H groups in total. The van der Waals surface area contributed by atoms with E-state index in [1.165, 1.54) is 18.4 Å². The number of halogens is 3. The van der Waals surface area contributed by atoms with Gasteiger partial charge in [-0.3, -0.25) is 9.89 Å². The second-order valence-electron chi connectivity index (χ2n) is 6.57. The largest absolute Gasteiger partial charge is 0.411 e. The summed E-state index contributed by atoms with van der Waals surface area (Å²) in [6.07, 6.45) is -1.36. The van der Waals surface area contributed by atoms with Gasteiger partial charge in [-0.05, 0) is 37.9 Å². The Balaban J connectivity index is 1.75. The molecule has 0 bridgehead atoms. The van der Waals surface area contributed by atoms with Crippen molar-refractivity contribution >= 4 is 5.96 Å². The summed E-state index contributed by atoms with van der Waals surface area (Å²) in [5.41, 5.74) is 1.27. The van der Waals surface area contributed by atoms with E-state index in [-0.39, 0.29) is 12.6 Å². The van der Waals surface area contributed by atoms with Gasteiger partial charge in [0.25, 0.3) is 0 Å². The molecule has 1 aromatic carbocycles. The van der Waals surface area contributed by atoms with Crippen molar-refractivity contribution in [3.63, 3.8) is 0 Å². The fourth-order valence-electron chi connectivity index (χ4n) is 3.17. The van der Waals surface area contributed by atoms with Crippen LogP contribution in [0.2, 0.25) is 0 Å². The van der Waals surface area contributed by atoms with E-state index in [1.54, 1.807) is 7.05 Å². The van der Waals surface area contributed by atoms with Crippen molar-refractivity contribution < 1.29 is 17.9 Å². The number of aliphatic imine (C=N–C) groups is 1. The number of rotatable bonds is 9. The smallest absolute Gasteiger partial charge is 0.372 e. The number of guanidine groups is 1. The Labute approximate surface area is 159 Å². The van der Waals surface area contributed by atoms with Crippen LogP contribution in [0.15, 0.2) is 35.3 Å². The van der Waals surface area contributed by atoms with Crippen LogP contribution in [-0.2, 0) is 4.74 Å². The first-order chi connectivity index (χ1) is 13.0. The first-order valence-electron chi connectivity index (χ1n) is 9.37. The SMILES string of the molecule is CN=C(NCCCOCC(F)(F)F)NCC(c1ccccc1)N1CCCC1. The standard InChI is InChI=1S/C19H29F3N4O/c1-23-18(24-10-7-13-27-15-19(20,21)22)25-14-17(26-11-5-6-12-26)16-8-3-2-4-9-16/h2-4,8-9,17H,5-7,10-15H2,1H3,(H2,23,24,25). The first-order valence-corrected chi connectivity index (χ1v) is 9.37. The van der Waals surface area contributed by atoms with Gasteiger partial charge in [-0.25, -0.2) is 0 Å². The van der Waals surface area contributed by atoms with Crippen LogP contribution < -0.4 is 10.6 Å². The van der Waals surface area contributed by atoms with Crippen molar-refractivity contribution in [3.05, 3.63) is 35.9 Å². The highest BCUT2D eigenvalue weighted by Gasteiger charge is 2.27. The zero-order valence-electron chi connectivity index (χ0n) is 15.8. The minimum absolute atomic E-state index is 0.0594. The average Bonchev–Trinajstić information content (AvgIpc) is 3.17. The Bertz CT molecular complexity index is 560. The second-order valence-corrected chi connectivity index (χ2v) is 6.57. The van der Waals surface area contributed by atoms with E-state index in [0.29, 0.717) is 25.5 Å². The fraction of sp³-hybridized carbons (Fsp3) is 0.632. The van der Waals surface area contributed by atoms with Crippen LogP contribution >= 0.6 is 0 Å². The summed E-state index contributed by atoms with van der Waals surface area (Å²) < 4.78 is 40.7. The molecule has 0 aliphatic carbocycles. The molecule has 0 amide bonds. The Morgan fingerprint density at radius 3 is 2.52 bits per heavy atom. The molecule has 1 aliphatic heterocycles. The predicted octanol–water partition coefficient (Wildman–Crippen LogP) is 2.96.